The molecule has 0 atom stereocenters. The van der Waals surface area contributed by atoms with E-state index in [-0.39, 0.29) is 5.84 Å². The van der Waals surface area contributed by atoms with Gasteiger partial charge in [-0.15, -0.1) is 0 Å². The maximum atomic E-state index is 8.92. The number of halogens is 1. The molecule has 0 aliphatic carbocycles. The van der Waals surface area contributed by atoms with E-state index in [2.05, 4.69) is 10.3 Å². The van der Waals surface area contributed by atoms with E-state index in [4.69, 9.17) is 22.5 Å². The summed E-state index contributed by atoms with van der Waals surface area (Å²) in [5, 5.41) is 17.7. The summed E-state index contributed by atoms with van der Waals surface area (Å²) in [6.07, 6.45) is 1.76. The molecular weight excluding hydrogens is 276 g/mol. The highest BCUT2D eigenvalue weighted by molar-refractivity contribution is 6.34. The van der Waals surface area contributed by atoms with Gasteiger partial charge >= 0.3 is 0 Å². The molecular formula is C14H11ClN4O. The third-order valence-electron chi connectivity index (χ3n) is 3.06. The van der Waals surface area contributed by atoms with E-state index in [1.165, 1.54) is 0 Å². The lowest BCUT2D eigenvalue weighted by Gasteiger charge is -2.11. The molecule has 0 aliphatic rings. The average Bonchev–Trinajstić information content (AvgIpc) is 2.90. The first-order valence-electron chi connectivity index (χ1n) is 5.92. The third kappa shape index (κ3) is 1.88. The molecule has 5 nitrogen and oxygen atoms in total. The van der Waals surface area contributed by atoms with Crippen molar-refractivity contribution in [1.82, 2.24) is 9.78 Å². The third-order valence-corrected chi connectivity index (χ3v) is 3.38. The monoisotopic (exact) mass is 286 g/mol. The highest BCUT2D eigenvalue weighted by Crippen LogP contribution is 2.25. The number of hydrogen-bond acceptors (Lipinski definition) is 3. The fraction of sp³-hybridized carbons (Fsp3) is 0. The first-order chi connectivity index (χ1) is 9.72. The van der Waals surface area contributed by atoms with Gasteiger partial charge in [0.1, 0.15) is 0 Å². The van der Waals surface area contributed by atoms with Gasteiger partial charge in [-0.25, -0.2) is 4.68 Å². The molecule has 0 unspecified atom stereocenters. The smallest absolute Gasteiger partial charge is 0.173 e. The molecule has 1 aromatic heterocycles. The maximum Gasteiger partial charge on any atom is 0.173 e. The van der Waals surface area contributed by atoms with E-state index in [1.54, 1.807) is 23.0 Å². The molecule has 3 rings (SSSR count). The van der Waals surface area contributed by atoms with Gasteiger partial charge in [0.05, 0.1) is 28.0 Å². The van der Waals surface area contributed by atoms with Crippen molar-refractivity contribution in [3.05, 3.63) is 59.2 Å². The van der Waals surface area contributed by atoms with Crippen molar-refractivity contribution in [3.8, 4) is 5.69 Å². The normalized spacial score (nSPS) is 11.9. The minimum Gasteiger partial charge on any atom is -0.409 e. The van der Waals surface area contributed by atoms with Gasteiger partial charge in [0, 0.05) is 5.39 Å². The van der Waals surface area contributed by atoms with Gasteiger partial charge in [-0.05, 0) is 18.2 Å². The van der Waals surface area contributed by atoms with Crippen molar-refractivity contribution in [1.29, 1.82) is 0 Å². The van der Waals surface area contributed by atoms with Crippen LogP contribution in [0.2, 0.25) is 5.02 Å². The molecule has 0 bridgehead atoms. The lowest BCUT2D eigenvalue weighted by molar-refractivity contribution is 0.318. The molecule has 3 N–H and O–H groups in total. The van der Waals surface area contributed by atoms with Crippen molar-refractivity contribution < 1.29 is 5.21 Å². The molecule has 0 saturated carbocycles. The van der Waals surface area contributed by atoms with Crippen LogP contribution < -0.4 is 5.73 Å². The van der Waals surface area contributed by atoms with Crippen LogP contribution in [0.5, 0.6) is 0 Å². The van der Waals surface area contributed by atoms with Crippen LogP contribution in [0.1, 0.15) is 5.56 Å². The Hall–Kier alpha value is -2.53. The Labute approximate surface area is 119 Å². The summed E-state index contributed by atoms with van der Waals surface area (Å²) in [7, 11) is 0. The molecule has 2 aromatic carbocycles. The summed E-state index contributed by atoms with van der Waals surface area (Å²) >= 11 is 6.16. The van der Waals surface area contributed by atoms with Crippen LogP contribution in [0.25, 0.3) is 16.6 Å². The Kier molecular flexibility index (Phi) is 3.04. The number of benzene rings is 2. The minimum atomic E-state index is -0.0508. The van der Waals surface area contributed by atoms with Gasteiger partial charge in [0.2, 0.25) is 0 Å². The van der Waals surface area contributed by atoms with Gasteiger partial charge in [-0.3, -0.25) is 0 Å². The highest BCUT2D eigenvalue weighted by Gasteiger charge is 2.15. The van der Waals surface area contributed by atoms with Crippen LogP contribution >= 0.6 is 11.6 Å². The standard InChI is InChI=1S/C14H11ClN4O/c15-10-5-3-7-12(13(10)14(16)18-20)19-11-6-2-1-4-9(11)8-17-19/h1-8,20H,(H2,16,18). The first kappa shape index (κ1) is 12.5. The molecule has 0 amide bonds. The molecule has 0 spiro atoms. The topological polar surface area (TPSA) is 76.4 Å². The lowest BCUT2D eigenvalue weighted by atomic mass is 10.1. The number of hydrogen-bond donors (Lipinski definition) is 2. The number of oxime groups is 1. The second-order valence-electron chi connectivity index (χ2n) is 4.23. The summed E-state index contributed by atoms with van der Waals surface area (Å²) < 4.78 is 1.72. The molecule has 3 aromatic rings. The maximum absolute atomic E-state index is 8.92. The van der Waals surface area contributed by atoms with E-state index in [1.807, 2.05) is 30.3 Å². The van der Waals surface area contributed by atoms with Crippen LogP contribution in [0.15, 0.2) is 53.8 Å². The van der Waals surface area contributed by atoms with Crippen molar-refractivity contribution in [3.63, 3.8) is 0 Å². The molecule has 1 heterocycles. The Balaban J connectivity index is 2.33. The minimum absolute atomic E-state index is 0.0508. The van der Waals surface area contributed by atoms with Crippen molar-refractivity contribution >= 4 is 28.3 Å². The zero-order valence-corrected chi connectivity index (χ0v) is 11.1. The second-order valence-corrected chi connectivity index (χ2v) is 4.64. The molecule has 0 radical (unpaired) electrons. The van der Waals surface area contributed by atoms with E-state index in [0.717, 1.165) is 10.9 Å². The van der Waals surface area contributed by atoms with Gasteiger partial charge in [0.15, 0.2) is 5.84 Å². The Bertz CT molecular complexity index is 810. The molecule has 100 valence electrons. The Morgan fingerprint density at radius 3 is 2.80 bits per heavy atom. The first-order valence-corrected chi connectivity index (χ1v) is 6.29. The van der Waals surface area contributed by atoms with E-state index in [0.29, 0.717) is 16.3 Å². The summed E-state index contributed by atoms with van der Waals surface area (Å²) in [6.45, 7) is 0. The van der Waals surface area contributed by atoms with E-state index in [9.17, 15) is 0 Å². The molecule has 0 aliphatic heterocycles. The summed E-state index contributed by atoms with van der Waals surface area (Å²) in [5.74, 6) is -0.0508. The number of nitrogens with zero attached hydrogens (tertiary/aromatic N) is 3. The number of fused-ring (bicyclic) bond motifs is 1. The summed E-state index contributed by atoms with van der Waals surface area (Å²) in [4.78, 5) is 0. The number of amidine groups is 1. The Morgan fingerprint density at radius 1 is 1.20 bits per heavy atom. The lowest BCUT2D eigenvalue weighted by Crippen LogP contribution is -2.17. The van der Waals surface area contributed by atoms with Crippen LogP contribution in [0.4, 0.5) is 0 Å². The quantitative estimate of drug-likeness (QED) is 0.329. The fourth-order valence-corrected chi connectivity index (χ4v) is 2.42. The van der Waals surface area contributed by atoms with Crippen molar-refractivity contribution in [2.24, 2.45) is 10.9 Å². The highest BCUT2D eigenvalue weighted by atomic mass is 35.5. The van der Waals surface area contributed by atoms with Gasteiger partial charge in [-0.2, -0.15) is 5.10 Å². The predicted molar refractivity (Wildman–Crippen MR) is 78.6 cm³/mol. The molecule has 20 heavy (non-hydrogen) atoms. The summed E-state index contributed by atoms with van der Waals surface area (Å²) in [6, 6.07) is 13.1. The van der Waals surface area contributed by atoms with E-state index >= 15 is 0 Å². The zero-order chi connectivity index (χ0) is 14.1. The number of para-hydroxylation sites is 1. The van der Waals surface area contributed by atoms with Crippen LogP contribution in [-0.2, 0) is 0 Å². The van der Waals surface area contributed by atoms with Crippen LogP contribution in [0, 0.1) is 0 Å². The van der Waals surface area contributed by atoms with Crippen LogP contribution in [-0.4, -0.2) is 20.8 Å². The van der Waals surface area contributed by atoms with Gasteiger partial charge in [-0.1, -0.05) is 41.0 Å². The van der Waals surface area contributed by atoms with Crippen molar-refractivity contribution in [2.45, 2.75) is 0 Å². The molecule has 0 saturated heterocycles. The van der Waals surface area contributed by atoms with Gasteiger partial charge in [0.25, 0.3) is 0 Å². The number of aromatic nitrogens is 2. The average molecular weight is 287 g/mol. The SMILES string of the molecule is NC(=NO)c1c(Cl)cccc1-n1ncc2ccccc21. The van der Waals surface area contributed by atoms with E-state index < -0.39 is 0 Å². The van der Waals surface area contributed by atoms with Gasteiger partial charge < -0.3 is 10.9 Å². The molecule has 6 heteroatoms. The molecule has 0 fully saturated rings. The number of rotatable bonds is 2. The zero-order valence-electron chi connectivity index (χ0n) is 10.4. The largest absolute Gasteiger partial charge is 0.409 e. The van der Waals surface area contributed by atoms with Crippen LogP contribution in [0.3, 0.4) is 0 Å². The Morgan fingerprint density at radius 2 is 2.00 bits per heavy atom. The summed E-state index contributed by atoms with van der Waals surface area (Å²) in [5.41, 5.74) is 7.75. The number of nitrogens with two attached hydrogens (primary N) is 1. The second kappa shape index (κ2) is 4.86. The predicted octanol–water partition coefficient (Wildman–Crippen LogP) is 2.77. The van der Waals surface area contributed by atoms with Crippen molar-refractivity contribution in [2.75, 3.05) is 0 Å². The fourth-order valence-electron chi connectivity index (χ4n) is 2.16.